The summed E-state index contributed by atoms with van der Waals surface area (Å²) in [4.78, 5) is 0. The highest BCUT2D eigenvalue weighted by atomic mass is 79.9. The third-order valence-corrected chi connectivity index (χ3v) is 7.70. The van der Waals surface area contributed by atoms with E-state index in [1.54, 1.807) is 25.3 Å². The predicted molar refractivity (Wildman–Crippen MR) is 75.2 cm³/mol. The van der Waals surface area contributed by atoms with E-state index in [-0.39, 0.29) is 6.04 Å². The first-order valence-corrected chi connectivity index (χ1v) is 8.83. The van der Waals surface area contributed by atoms with Crippen LogP contribution in [0.15, 0.2) is 20.1 Å². The maximum Gasteiger partial charge on any atom is 0.254 e. The average molecular weight is 354 g/mol. The van der Waals surface area contributed by atoms with E-state index in [4.69, 9.17) is 0 Å². The van der Waals surface area contributed by atoms with E-state index >= 15 is 0 Å². The van der Waals surface area contributed by atoms with Gasteiger partial charge in [-0.2, -0.15) is 4.31 Å². The van der Waals surface area contributed by atoms with E-state index < -0.39 is 15.6 Å². The molecule has 102 valence electrons. The Hall–Kier alpha value is 0.0500. The quantitative estimate of drug-likeness (QED) is 0.907. The van der Waals surface area contributed by atoms with Crippen LogP contribution in [0.2, 0.25) is 0 Å². The fraction of sp³-hybridized carbons (Fsp3) is 0.636. The lowest BCUT2D eigenvalue weighted by Gasteiger charge is -2.32. The molecule has 0 radical (unpaired) electrons. The molecule has 1 aliphatic heterocycles. The molecule has 0 aromatic carbocycles. The summed E-state index contributed by atoms with van der Waals surface area (Å²) >= 11 is 4.46. The van der Waals surface area contributed by atoms with E-state index in [1.807, 2.05) is 0 Å². The van der Waals surface area contributed by atoms with Crippen LogP contribution in [-0.2, 0) is 10.0 Å². The molecule has 1 aliphatic rings. The number of thiophene rings is 1. The third kappa shape index (κ3) is 2.51. The second-order valence-corrected chi connectivity index (χ2v) is 8.84. The third-order valence-electron chi connectivity index (χ3n) is 3.15. The molecule has 1 aromatic heterocycles. The fourth-order valence-electron chi connectivity index (χ4n) is 2.30. The van der Waals surface area contributed by atoms with Crippen LogP contribution in [0.1, 0.15) is 26.7 Å². The molecule has 4 nitrogen and oxygen atoms in total. The van der Waals surface area contributed by atoms with E-state index in [1.165, 1.54) is 15.6 Å². The highest BCUT2D eigenvalue weighted by molar-refractivity contribution is 9.10. The topological polar surface area (TPSA) is 57.6 Å². The molecule has 0 aliphatic carbocycles. The Morgan fingerprint density at radius 1 is 1.56 bits per heavy atom. The number of sulfonamides is 1. The normalized spacial score (nSPS) is 22.6. The molecule has 1 fully saturated rings. The van der Waals surface area contributed by atoms with Gasteiger partial charge >= 0.3 is 0 Å². The highest BCUT2D eigenvalue weighted by Gasteiger charge is 2.43. The van der Waals surface area contributed by atoms with Crippen molar-refractivity contribution in [2.45, 2.75) is 42.5 Å². The van der Waals surface area contributed by atoms with Crippen LogP contribution in [0.5, 0.6) is 0 Å². The molecule has 0 saturated carbocycles. The standard InChI is InChI=1S/C11H16BrNO3S2/c1-11(2,14)9-4-3-6-13(9)18(15,16)10-8(12)5-7-17-10/h5,7,9,14H,3-4,6H2,1-2H3. The first kappa shape index (κ1) is 14.5. The SMILES string of the molecule is CC(C)(O)C1CCCN1S(=O)(=O)c1sccc1Br. The molecule has 2 rings (SSSR count). The highest BCUT2D eigenvalue weighted by Crippen LogP contribution is 2.36. The van der Waals surface area contributed by atoms with Gasteiger partial charge in [0.1, 0.15) is 4.21 Å². The lowest BCUT2D eigenvalue weighted by atomic mass is 9.98. The van der Waals surface area contributed by atoms with E-state index in [0.29, 0.717) is 21.6 Å². The number of rotatable bonds is 3. The summed E-state index contributed by atoms with van der Waals surface area (Å²) in [6.07, 6.45) is 1.49. The first-order valence-electron chi connectivity index (χ1n) is 5.72. The van der Waals surface area contributed by atoms with Gasteiger partial charge in [-0.15, -0.1) is 11.3 Å². The van der Waals surface area contributed by atoms with Crippen molar-refractivity contribution in [3.05, 3.63) is 15.9 Å². The fourth-order valence-corrected chi connectivity index (χ4v) is 6.55. The second-order valence-electron chi connectivity index (χ2n) is 4.98. The van der Waals surface area contributed by atoms with Crippen molar-refractivity contribution in [1.82, 2.24) is 4.31 Å². The summed E-state index contributed by atoms with van der Waals surface area (Å²) in [6.45, 7) is 3.80. The summed E-state index contributed by atoms with van der Waals surface area (Å²) in [5.41, 5.74) is -1.02. The number of hydrogen-bond donors (Lipinski definition) is 1. The second kappa shape index (κ2) is 4.86. The summed E-state index contributed by atoms with van der Waals surface area (Å²) in [7, 11) is -3.51. The van der Waals surface area contributed by atoms with Crippen LogP contribution in [-0.4, -0.2) is 36.0 Å². The molecular weight excluding hydrogens is 338 g/mol. The van der Waals surface area contributed by atoms with Crippen molar-refractivity contribution in [2.24, 2.45) is 0 Å². The van der Waals surface area contributed by atoms with E-state index in [0.717, 1.165) is 6.42 Å². The van der Waals surface area contributed by atoms with Crippen LogP contribution in [0.4, 0.5) is 0 Å². The zero-order valence-corrected chi connectivity index (χ0v) is 13.5. The van der Waals surface area contributed by atoms with Gasteiger partial charge in [0.15, 0.2) is 0 Å². The van der Waals surface area contributed by atoms with Gasteiger partial charge < -0.3 is 5.11 Å². The number of nitrogens with zero attached hydrogens (tertiary/aromatic N) is 1. The van der Waals surface area contributed by atoms with Crippen molar-refractivity contribution in [3.8, 4) is 0 Å². The molecule has 1 unspecified atom stereocenters. The number of aliphatic hydroxyl groups is 1. The first-order chi connectivity index (χ1) is 8.24. The Morgan fingerprint density at radius 2 is 2.22 bits per heavy atom. The van der Waals surface area contributed by atoms with Crippen molar-refractivity contribution < 1.29 is 13.5 Å². The summed E-state index contributed by atoms with van der Waals surface area (Å²) in [5.74, 6) is 0. The van der Waals surface area contributed by atoms with Gasteiger partial charge in [-0.1, -0.05) is 0 Å². The minimum atomic E-state index is -3.51. The average Bonchev–Trinajstić information content (AvgIpc) is 2.83. The van der Waals surface area contributed by atoms with E-state index in [2.05, 4.69) is 15.9 Å². The van der Waals surface area contributed by atoms with Crippen LogP contribution in [0, 0.1) is 0 Å². The Labute approximate surface area is 120 Å². The molecule has 0 amide bonds. The monoisotopic (exact) mass is 353 g/mol. The number of halogens is 1. The Bertz CT molecular complexity index is 533. The van der Waals surface area contributed by atoms with Gasteiger partial charge in [0, 0.05) is 11.0 Å². The van der Waals surface area contributed by atoms with Gasteiger partial charge in [-0.05, 0) is 54.1 Å². The molecule has 0 bridgehead atoms. The molecular formula is C11H16BrNO3S2. The summed E-state index contributed by atoms with van der Waals surface area (Å²) in [6, 6.07) is 1.38. The molecule has 1 atom stereocenters. The van der Waals surface area contributed by atoms with Gasteiger partial charge in [-0.3, -0.25) is 0 Å². The molecule has 7 heteroatoms. The van der Waals surface area contributed by atoms with E-state index in [9.17, 15) is 13.5 Å². The lowest BCUT2D eigenvalue weighted by molar-refractivity contribution is 0.0215. The maximum atomic E-state index is 12.6. The van der Waals surface area contributed by atoms with Crippen molar-refractivity contribution in [3.63, 3.8) is 0 Å². The molecule has 0 spiro atoms. The van der Waals surface area contributed by atoms with Gasteiger partial charge in [0.25, 0.3) is 10.0 Å². The van der Waals surface area contributed by atoms with Crippen LogP contribution in [0.3, 0.4) is 0 Å². The van der Waals surface area contributed by atoms with Crippen LogP contribution < -0.4 is 0 Å². The van der Waals surface area contributed by atoms with Crippen molar-refractivity contribution in [2.75, 3.05) is 6.54 Å². The minimum Gasteiger partial charge on any atom is -0.389 e. The van der Waals surface area contributed by atoms with Crippen LogP contribution >= 0.6 is 27.3 Å². The summed E-state index contributed by atoms with van der Waals surface area (Å²) in [5, 5.41) is 11.8. The zero-order valence-electron chi connectivity index (χ0n) is 10.3. The smallest absolute Gasteiger partial charge is 0.254 e. The maximum absolute atomic E-state index is 12.6. The summed E-state index contributed by atoms with van der Waals surface area (Å²) < 4.78 is 27.5. The Balaban J connectivity index is 2.40. The van der Waals surface area contributed by atoms with Gasteiger partial charge in [0.2, 0.25) is 0 Å². The predicted octanol–water partition coefficient (Wildman–Crippen LogP) is 2.43. The molecule has 1 saturated heterocycles. The molecule has 2 heterocycles. The van der Waals surface area contributed by atoms with Crippen molar-refractivity contribution in [1.29, 1.82) is 0 Å². The molecule has 1 N–H and O–H groups in total. The zero-order chi connectivity index (χ0) is 13.6. The number of hydrogen-bond acceptors (Lipinski definition) is 4. The Morgan fingerprint density at radius 3 is 2.72 bits per heavy atom. The lowest BCUT2D eigenvalue weighted by Crippen LogP contribution is -2.47. The largest absolute Gasteiger partial charge is 0.389 e. The van der Waals surface area contributed by atoms with Gasteiger partial charge in [0.05, 0.1) is 11.6 Å². The molecule has 1 aromatic rings. The van der Waals surface area contributed by atoms with Crippen LogP contribution in [0.25, 0.3) is 0 Å². The van der Waals surface area contributed by atoms with Crippen molar-refractivity contribution >= 4 is 37.3 Å². The van der Waals surface area contributed by atoms with Gasteiger partial charge in [-0.25, -0.2) is 8.42 Å². The Kier molecular flexibility index (Phi) is 3.91. The minimum absolute atomic E-state index is 0.318. The molecule has 18 heavy (non-hydrogen) atoms.